The Bertz CT molecular complexity index is 274. The summed E-state index contributed by atoms with van der Waals surface area (Å²) in [5.41, 5.74) is 0. The van der Waals surface area contributed by atoms with E-state index in [-0.39, 0.29) is 17.5 Å². The van der Waals surface area contributed by atoms with Gasteiger partial charge in [-0.05, 0) is 13.0 Å². The SMILES string of the molecule is CS(=O)CCCNC1CS(=O)(=O)C1. The van der Waals surface area contributed by atoms with Crippen LogP contribution in [0.4, 0.5) is 0 Å². The quantitative estimate of drug-likeness (QED) is 0.619. The van der Waals surface area contributed by atoms with Crippen molar-refractivity contribution in [1.29, 1.82) is 0 Å². The average Bonchev–Trinajstić information content (AvgIpc) is 1.93. The highest BCUT2D eigenvalue weighted by Crippen LogP contribution is 2.09. The maximum absolute atomic E-state index is 10.7. The van der Waals surface area contributed by atoms with E-state index in [1.807, 2.05) is 0 Å². The highest BCUT2D eigenvalue weighted by Gasteiger charge is 2.32. The first-order chi connectivity index (χ1) is 5.99. The summed E-state index contributed by atoms with van der Waals surface area (Å²) in [6.07, 6.45) is 2.52. The molecule has 0 spiro atoms. The molecule has 1 fully saturated rings. The van der Waals surface area contributed by atoms with Crippen LogP contribution >= 0.6 is 0 Å². The van der Waals surface area contributed by atoms with Crippen LogP contribution in [0.1, 0.15) is 6.42 Å². The minimum atomic E-state index is -2.71. The standard InChI is InChI=1S/C7H15NO3S2/c1-12(9)4-2-3-8-7-5-13(10,11)6-7/h7-8H,2-6H2,1H3. The highest BCUT2D eigenvalue weighted by molar-refractivity contribution is 7.92. The molecule has 0 aliphatic carbocycles. The molecule has 0 bridgehead atoms. The molecule has 1 unspecified atom stereocenters. The van der Waals surface area contributed by atoms with E-state index in [1.54, 1.807) is 6.26 Å². The normalized spacial score (nSPS) is 23.8. The van der Waals surface area contributed by atoms with Gasteiger partial charge in [-0.25, -0.2) is 8.42 Å². The topological polar surface area (TPSA) is 63.2 Å². The minimum Gasteiger partial charge on any atom is -0.312 e. The molecule has 1 N–H and O–H groups in total. The molecule has 0 amide bonds. The van der Waals surface area contributed by atoms with Crippen molar-refractivity contribution in [2.45, 2.75) is 12.5 Å². The maximum atomic E-state index is 10.7. The van der Waals surface area contributed by atoms with Crippen LogP contribution in [-0.4, -0.2) is 48.7 Å². The number of sulfone groups is 1. The van der Waals surface area contributed by atoms with Crippen LogP contribution in [0.2, 0.25) is 0 Å². The minimum absolute atomic E-state index is 0.135. The monoisotopic (exact) mass is 225 g/mol. The summed E-state index contributed by atoms with van der Waals surface area (Å²) in [6, 6.07) is 0.135. The Morgan fingerprint density at radius 3 is 2.54 bits per heavy atom. The Balaban J connectivity index is 2.00. The summed E-state index contributed by atoms with van der Waals surface area (Å²) in [5.74, 6) is 1.22. The van der Waals surface area contributed by atoms with Crippen molar-refractivity contribution in [2.24, 2.45) is 0 Å². The number of nitrogens with one attached hydrogen (secondary N) is 1. The van der Waals surface area contributed by atoms with E-state index >= 15 is 0 Å². The Hall–Kier alpha value is 0.0600. The Labute approximate surface area is 81.5 Å². The molecule has 0 aromatic rings. The second kappa shape index (κ2) is 4.52. The van der Waals surface area contributed by atoms with Crippen LogP contribution in [0, 0.1) is 0 Å². The van der Waals surface area contributed by atoms with E-state index in [0.717, 1.165) is 13.0 Å². The summed E-state index contributed by atoms with van der Waals surface area (Å²) in [5, 5.41) is 3.12. The molecule has 0 aromatic carbocycles. The van der Waals surface area contributed by atoms with Gasteiger partial charge in [0.15, 0.2) is 9.84 Å². The molecule has 0 radical (unpaired) electrons. The van der Waals surface area contributed by atoms with Crippen LogP contribution in [0.3, 0.4) is 0 Å². The lowest BCUT2D eigenvalue weighted by molar-refractivity contribution is 0.511. The van der Waals surface area contributed by atoms with E-state index < -0.39 is 20.6 Å². The Morgan fingerprint density at radius 1 is 1.46 bits per heavy atom. The van der Waals surface area contributed by atoms with Gasteiger partial charge in [0.1, 0.15) is 0 Å². The van der Waals surface area contributed by atoms with E-state index in [2.05, 4.69) is 5.32 Å². The van der Waals surface area contributed by atoms with Gasteiger partial charge in [0, 0.05) is 28.9 Å². The van der Waals surface area contributed by atoms with Crippen LogP contribution < -0.4 is 5.32 Å². The summed E-state index contributed by atoms with van der Waals surface area (Å²) < 4.78 is 32.2. The molecule has 13 heavy (non-hydrogen) atoms. The molecular weight excluding hydrogens is 210 g/mol. The summed E-state index contributed by atoms with van der Waals surface area (Å²) >= 11 is 0. The zero-order valence-electron chi connectivity index (χ0n) is 7.65. The fourth-order valence-electron chi connectivity index (χ4n) is 1.26. The van der Waals surface area contributed by atoms with Gasteiger partial charge in [0.2, 0.25) is 0 Å². The molecular formula is C7H15NO3S2. The third-order valence-electron chi connectivity index (χ3n) is 1.95. The van der Waals surface area contributed by atoms with Crippen molar-refractivity contribution in [3.05, 3.63) is 0 Å². The summed E-state index contributed by atoms with van der Waals surface area (Å²) in [4.78, 5) is 0. The fraction of sp³-hybridized carbons (Fsp3) is 1.00. The van der Waals surface area contributed by atoms with Gasteiger partial charge >= 0.3 is 0 Å². The molecule has 1 rings (SSSR count). The molecule has 0 saturated carbocycles. The molecule has 6 heteroatoms. The largest absolute Gasteiger partial charge is 0.312 e. The molecule has 1 aliphatic rings. The van der Waals surface area contributed by atoms with E-state index in [4.69, 9.17) is 0 Å². The molecule has 1 heterocycles. The predicted molar refractivity (Wildman–Crippen MR) is 54.0 cm³/mol. The van der Waals surface area contributed by atoms with Gasteiger partial charge < -0.3 is 5.32 Å². The third-order valence-corrected chi connectivity index (χ3v) is 4.64. The lowest BCUT2D eigenvalue weighted by atomic mass is 10.3. The van der Waals surface area contributed by atoms with Crippen molar-refractivity contribution in [3.63, 3.8) is 0 Å². The van der Waals surface area contributed by atoms with E-state index in [0.29, 0.717) is 5.75 Å². The first-order valence-electron chi connectivity index (χ1n) is 4.23. The lowest BCUT2D eigenvalue weighted by Crippen LogP contribution is -2.51. The number of hydrogen-bond donors (Lipinski definition) is 1. The second-order valence-corrected chi connectivity index (χ2v) is 7.07. The first-order valence-corrected chi connectivity index (χ1v) is 7.78. The molecule has 0 aromatic heterocycles. The fourth-order valence-corrected chi connectivity index (χ4v) is 3.18. The number of rotatable bonds is 5. The Kier molecular flexibility index (Phi) is 3.87. The van der Waals surface area contributed by atoms with Crippen molar-refractivity contribution in [1.82, 2.24) is 5.32 Å². The van der Waals surface area contributed by atoms with E-state index in [1.165, 1.54) is 0 Å². The third kappa shape index (κ3) is 4.19. The van der Waals surface area contributed by atoms with Crippen LogP contribution in [0.15, 0.2) is 0 Å². The zero-order chi connectivity index (χ0) is 9.90. The second-order valence-electron chi connectivity index (χ2n) is 3.36. The van der Waals surface area contributed by atoms with Gasteiger partial charge in [-0.15, -0.1) is 0 Å². The van der Waals surface area contributed by atoms with Crippen LogP contribution in [0.25, 0.3) is 0 Å². The van der Waals surface area contributed by atoms with Gasteiger partial charge in [-0.2, -0.15) is 0 Å². The van der Waals surface area contributed by atoms with Crippen LogP contribution in [-0.2, 0) is 20.6 Å². The van der Waals surface area contributed by atoms with Crippen molar-refractivity contribution >= 4 is 20.6 Å². The lowest BCUT2D eigenvalue weighted by Gasteiger charge is -2.26. The van der Waals surface area contributed by atoms with Crippen LogP contribution in [0.5, 0.6) is 0 Å². The van der Waals surface area contributed by atoms with Crippen molar-refractivity contribution < 1.29 is 12.6 Å². The summed E-state index contributed by atoms with van der Waals surface area (Å²) in [7, 11) is -3.44. The van der Waals surface area contributed by atoms with E-state index in [9.17, 15) is 12.6 Å². The first kappa shape index (κ1) is 11.1. The van der Waals surface area contributed by atoms with Crippen molar-refractivity contribution in [2.75, 3.05) is 30.1 Å². The smallest absolute Gasteiger partial charge is 0.153 e. The average molecular weight is 225 g/mol. The molecule has 1 saturated heterocycles. The Morgan fingerprint density at radius 2 is 2.08 bits per heavy atom. The highest BCUT2D eigenvalue weighted by atomic mass is 32.2. The predicted octanol–water partition coefficient (Wildman–Crippen LogP) is -0.858. The van der Waals surface area contributed by atoms with Gasteiger partial charge in [0.05, 0.1) is 11.5 Å². The molecule has 1 atom stereocenters. The maximum Gasteiger partial charge on any atom is 0.153 e. The summed E-state index contributed by atoms with van der Waals surface area (Å²) in [6.45, 7) is 0.764. The number of hydrogen-bond acceptors (Lipinski definition) is 4. The molecule has 1 aliphatic heterocycles. The van der Waals surface area contributed by atoms with Gasteiger partial charge in [0.25, 0.3) is 0 Å². The molecule has 4 nitrogen and oxygen atoms in total. The van der Waals surface area contributed by atoms with Crippen molar-refractivity contribution in [3.8, 4) is 0 Å². The van der Waals surface area contributed by atoms with Gasteiger partial charge in [-0.3, -0.25) is 4.21 Å². The van der Waals surface area contributed by atoms with Gasteiger partial charge in [-0.1, -0.05) is 0 Å². The zero-order valence-corrected chi connectivity index (χ0v) is 9.29. The molecule has 78 valence electrons.